The smallest absolute Gasteiger partial charge is 0.273 e. The molecular formula is C10H10BrN5O. The molecule has 0 aromatic carbocycles. The molecule has 6 nitrogen and oxygen atoms in total. The van der Waals surface area contributed by atoms with E-state index in [-0.39, 0.29) is 5.91 Å². The van der Waals surface area contributed by atoms with E-state index in [1.165, 1.54) is 9.58 Å². The molecule has 0 fully saturated rings. The van der Waals surface area contributed by atoms with Crippen LogP contribution in [-0.2, 0) is 0 Å². The number of amides is 1. The maximum absolute atomic E-state index is 11.6. The molecule has 7 heteroatoms. The maximum Gasteiger partial charge on any atom is 0.273 e. The fourth-order valence-electron chi connectivity index (χ4n) is 1.20. The number of hydrogen-bond donors (Lipinski definition) is 0. The fourth-order valence-corrected chi connectivity index (χ4v) is 1.41. The quantitative estimate of drug-likeness (QED) is 0.833. The number of aromatic nitrogens is 4. The van der Waals surface area contributed by atoms with Gasteiger partial charge in [0.1, 0.15) is 0 Å². The number of nitrogens with zero attached hydrogens (tertiary/aromatic N) is 5. The standard InChI is InChI=1S/C10H10BrN5O/c1-15(2)9(17)8-3-4-16(14-8)10-12-5-7(11)6-13-10/h3-6H,1-2H3. The molecule has 2 heterocycles. The lowest BCUT2D eigenvalue weighted by Crippen LogP contribution is -2.22. The van der Waals surface area contributed by atoms with Gasteiger partial charge in [-0.3, -0.25) is 4.79 Å². The van der Waals surface area contributed by atoms with Crippen LogP contribution < -0.4 is 0 Å². The van der Waals surface area contributed by atoms with Crippen molar-refractivity contribution in [2.75, 3.05) is 14.1 Å². The summed E-state index contributed by atoms with van der Waals surface area (Å²) in [6.07, 6.45) is 4.90. The van der Waals surface area contributed by atoms with Gasteiger partial charge in [-0.2, -0.15) is 5.10 Å². The molecular weight excluding hydrogens is 286 g/mol. The Labute approximate surface area is 106 Å². The number of carbonyl (C=O) groups is 1. The zero-order chi connectivity index (χ0) is 12.4. The second kappa shape index (κ2) is 4.62. The van der Waals surface area contributed by atoms with Crippen molar-refractivity contribution in [3.63, 3.8) is 0 Å². The normalized spacial score (nSPS) is 10.3. The summed E-state index contributed by atoms with van der Waals surface area (Å²) in [6, 6.07) is 1.63. The van der Waals surface area contributed by atoms with Gasteiger partial charge in [0.05, 0.1) is 4.47 Å². The number of carbonyl (C=O) groups excluding carboxylic acids is 1. The van der Waals surface area contributed by atoms with Crippen molar-refractivity contribution in [3.05, 3.63) is 34.8 Å². The lowest BCUT2D eigenvalue weighted by Gasteiger charge is -2.06. The van der Waals surface area contributed by atoms with Crippen molar-refractivity contribution >= 4 is 21.8 Å². The largest absolute Gasteiger partial charge is 0.343 e. The van der Waals surface area contributed by atoms with Crippen LogP contribution in [0.5, 0.6) is 0 Å². The summed E-state index contributed by atoms with van der Waals surface area (Å²) in [5.74, 6) is 0.270. The Morgan fingerprint density at radius 2 is 2.00 bits per heavy atom. The highest BCUT2D eigenvalue weighted by atomic mass is 79.9. The lowest BCUT2D eigenvalue weighted by atomic mass is 10.4. The highest BCUT2D eigenvalue weighted by molar-refractivity contribution is 9.10. The Kier molecular flexibility index (Phi) is 3.19. The summed E-state index contributed by atoms with van der Waals surface area (Å²) < 4.78 is 2.25. The molecule has 0 saturated carbocycles. The first kappa shape index (κ1) is 11.7. The Bertz CT molecular complexity index is 534. The summed E-state index contributed by atoms with van der Waals surface area (Å²) in [6.45, 7) is 0. The number of halogens is 1. The van der Waals surface area contributed by atoms with Gasteiger partial charge in [0.25, 0.3) is 11.9 Å². The molecule has 0 aliphatic heterocycles. The molecule has 0 aliphatic rings. The van der Waals surface area contributed by atoms with E-state index in [9.17, 15) is 4.79 Å². The third-order valence-corrected chi connectivity index (χ3v) is 2.44. The first-order valence-electron chi connectivity index (χ1n) is 4.83. The van der Waals surface area contributed by atoms with Crippen molar-refractivity contribution in [2.45, 2.75) is 0 Å². The molecule has 1 amide bonds. The van der Waals surface area contributed by atoms with Crippen LogP contribution in [0.1, 0.15) is 10.5 Å². The van der Waals surface area contributed by atoms with Crippen LogP contribution in [0, 0.1) is 0 Å². The maximum atomic E-state index is 11.6. The molecule has 17 heavy (non-hydrogen) atoms. The van der Waals surface area contributed by atoms with E-state index in [0.717, 1.165) is 4.47 Å². The van der Waals surface area contributed by atoms with Gasteiger partial charge in [0.2, 0.25) is 0 Å². The molecule has 0 radical (unpaired) electrons. The van der Waals surface area contributed by atoms with Crippen LogP contribution in [0.15, 0.2) is 29.1 Å². The van der Waals surface area contributed by atoms with Crippen LogP contribution in [-0.4, -0.2) is 44.7 Å². The predicted molar refractivity (Wildman–Crippen MR) is 64.9 cm³/mol. The van der Waals surface area contributed by atoms with E-state index >= 15 is 0 Å². The molecule has 0 N–H and O–H groups in total. The van der Waals surface area contributed by atoms with Gasteiger partial charge >= 0.3 is 0 Å². The van der Waals surface area contributed by atoms with Crippen LogP contribution >= 0.6 is 15.9 Å². The van der Waals surface area contributed by atoms with Crippen molar-refractivity contribution in [2.24, 2.45) is 0 Å². The van der Waals surface area contributed by atoms with Crippen molar-refractivity contribution in [1.82, 2.24) is 24.6 Å². The Morgan fingerprint density at radius 1 is 1.35 bits per heavy atom. The summed E-state index contributed by atoms with van der Waals surface area (Å²) >= 11 is 3.25. The van der Waals surface area contributed by atoms with Crippen LogP contribution in [0.4, 0.5) is 0 Å². The third-order valence-electron chi connectivity index (χ3n) is 2.03. The van der Waals surface area contributed by atoms with Crippen molar-refractivity contribution < 1.29 is 4.79 Å². The van der Waals surface area contributed by atoms with E-state index in [2.05, 4.69) is 31.0 Å². The average Bonchev–Trinajstić information content (AvgIpc) is 2.78. The van der Waals surface area contributed by atoms with Crippen LogP contribution in [0.2, 0.25) is 0 Å². The molecule has 0 aliphatic carbocycles. The number of hydrogen-bond acceptors (Lipinski definition) is 4. The monoisotopic (exact) mass is 295 g/mol. The minimum Gasteiger partial charge on any atom is -0.343 e. The third kappa shape index (κ3) is 2.50. The molecule has 2 rings (SSSR count). The lowest BCUT2D eigenvalue weighted by molar-refractivity contribution is 0.0821. The molecule has 0 saturated heterocycles. The minimum atomic E-state index is -0.152. The molecule has 0 atom stereocenters. The van der Waals surface area contributed by atoms with Gasteiger partial charge in [0.15, 0.2) is 5.69 Å². The first-order chi connectivity index (χ1) is 8.08. The van der Waals surface area contributed by atoms with Gasteiger partial charge in [0, 0.05) is 32.7 Å². The van der Waals surface area contributed by atoms with Crippen LogP contribution in [0.3, 0.4) is 0 Å². The van der Waals surface area contributed by atoms with Crippen LogP contribution in [0.25, 0.3) is 5.95 Å². The van der Waals surface area contributed by atoms with E-state index in [1.54, 1.807) is 38.8 Å². The summed E-state index contributed by atoms with van der Waals surface area (Å²) in [7, 11) is 3.36. The van der Waals surface area contributed by atoms with Gasteiger partial charge < -0.3 is 4.90 Å². The zero-order valence-electron chi connectivity index (χ0n) is 9.33. The second-order valence-electron chi connectivity index (χ2n) is 3.55. The van der Waals surface area contributed by atoms with E-state index in [1.807, 2.05) is 0 Å². The SMILES string of the molecule is CN(C)C(=O)c1ccn(-c2ncc(Br)cn2)n1. The topological polar surface area (TPSA) is 63.9 Å². The zero-order valence-corrected chi connectivity index (χ0v) is 10.9. The predicted octanol–water partition coefficient (Wildman–Crippen LogP) is 1.13. The van der Waals surface area contributed by atoms with Crippen molar-refractivity contribution in [1.29, 1.82) is 0 Å². The minimum absolute atomic E-state index is 0.152. The summed E-state index contributed by atoms with van der Waals surface area (Å²) in [5.41, 5.74) is 0.363. The van der Waals surface area contributed by atoms with E-state index in [0.29, 0.717) is 11.6 Å². The summed E-state index contributed by atoms with van der Waals surface area (Å²) in [4.78, 5) is 21.3. The molecule has 88 valence electrons. The molecule has 0 spiro atoms. The summed E-state index contributed by atoms with van der Waals surface area (Å²) in [5, 5.41) is 4.12. The van der Waals surface area contributed by atoms with Gasteiger partial charge in [-0.05, 0) is 22.0 Å². The van der Waals surface area contributed by atoms with E-state index < -0.39 is 0 Å². The van der Waals surface area contributed by atoms with Gasteiger partial charge in [-0.15, -0.1) is 0 Å². The Balaban J connectivity index is 2.30. The fraction of sp³-hybridized carbons (Fsp3) is 0.200. The van der Waals surface area contributed by atoms with Gasteiger partial charge in [-0.25, -0.2) is 14.6 Å². The molecule has 2 aromatic heterocycles. The van der Waals surface area contributed by atoms with E-state index in [4.69, 9.17) is 0 Å². The molecule has 0 unspecified atom stereocenters. The Hall–Kier alpha value is -1.76. The average molecular weight is 296 g/mol. The number of rotatable bonds is 2. The highest BCUT2D eigenvalue weighted by Crippen LogP contribution is 2.07. The molecule has 2 aromatic rings. The Morgan fingerprint density at radius 3 is 2.59 bits per heavy atom. The van der Waals surface area contributed by atoms with Crippen molar-refractivity contribution in [3.8, 4) is 5.95 Å². The first-order valence-corrected chi connectivity index (χ1v) is 5.62. The van der Waals surface area contributed by atoms with Gasteiger partial charge in [-0.1, -0.05) is 0 Å². The highest BCUT2D eigenvalue weighted by Gasteiger charge is 2.12. The second-order valence-corrected chi connectivity index (χ2v) is 4.46. The molecule has 0 bridgehead atoms.